The van der Waals surface area contributed by atoms with E-state index in [1.807, 2.05) is 16.5 Å². The molecule has 0 N–H and O–H groups in total. The first-order valence-corrected chi connectivity index (χ1v) is 10.1. The number of carbonyl (C=O) groups excluding carboxylic acids is 1. The van der Waals surface area contributed by atoms with Crippen LogP contribution in [0.4, 0.5) is 5.13 Å². The lowest BCUT2D eigenvalue weighted by molar-refractivity contribution is 0.0766. The lowest BCUT2D eigenvalue weighted by Gasteiger charge is -2.22. The van der Waals surface area contributed by atoms with Crippen LogP contribution in [0.3, 0.4) is 0 Å². The van der Waals surface area contributed by atoms with Crippen molar-refractivity contribution in [2.24, 2.45) is 0 Å². The number of hydrogen-bond donors (Lipinski definition) is 0. The molecular weight excluding hydrogens is 326 g/mol. The van der Waals surface area contributed by atoms with E-state index < -0.39 is 0 Å². The maximum Gasteiger partial charge on any atom is 0.255 e. The summed E-state index contributed by atoms with van der Waals surface area (Å²) in [6, 6.07) is 0. The van der Waals surface area contributed by atoms with E-state index in [1.54, 1.807) is 22.7 Å². The summed E-state index contributed by atoms with van der Waals surface area (Å²) >= 11 is 3.46. The largest absolute Gasteiger partial charge is 0.346 e. The first-order valence-electron chi connectivity index (χ1n) is 8.36. The number of hydrogen-bond acceptors (Lipinski definition) is 5. The molecule has 1 fully saturated rings. The normalized spacial score (nSPS) is 18.6. The predicted molar refractivity (Wildman–Crippen MR) is 95.8 cm³/mol. The number of anilines is 1. The van der Waals surface area contributed by atoms with E-state index in [0.717, 1.165) is 56.1 Å². The summed E-state index contributed by atoms with van der Waals surface area (Å²) in [5.74, 6) is 0.241. The zero-order valence-electron chi connectivity index (χ0n) is 13.2. The maximum atomic E-state index is 13.0. The van der Waals surface area contributed by atoms with Crippen LogP contribution in [0.1, 0.15) is 40.1 Å². The van der Waals surface area contributed by atoms with Gasteiger partial charge in [0.15, 0.2) is 5.13 Å². The van der Waals surface area contributed by atoms with Crippen molar-refractivity contribution in [3.8, 4) is 0 Å². The number of nitrogens with zero attached hydrogens (tertiary/aromatic N) is 3. The van der Waals surface area contributed by atoms with Gasteiger partial charge in [-0.2, -0.15) is 0 Å². The Morgan fingerprint density at radius 3 is 2.83 bits per heavy atom. The van der Waals surface area contributed by atoms with Crippen LogP contribution in [-0.2, 0) is 12.8 Å². The SMILES string of the molecule is O=C(c1csc2c1CCCC2)N1CCCN(c2nccs2)CC1. The van der Waals surface area contributed by atoms with Crippen molar-refractivity contribution in [3.63, 3.8) is 0 Å². The van der Waals surface area contributed by atoms with Crippen molar-refractivity contribution in [1.82, 2.24) is 9.88 Å². The average Bonchev–Trinajstić information content (AvgIpc) is 3.19. The highest BCUT2D eigenvalue weighted by molar-refractivity contribution is 7.13. The summed E-state index contributed by atoms with van der Waals surface area (Å²) < 4.78 is 0. The molecule has 0 spiro atoms. The van der Waals surface area contributed by atoms with Gasteiger partial charge in [0.05, 0.1) is 5.56 Å². The molecule has 3 heterocycles. The monoisotopic (exact) mass is 347 g/mol. The first-order chi connectivity index (χ1) is 11.3. The van der Waals surface area contributed by atoms with Gasteiger partial charge < -0.3 is 9.80 Å². The molecule has 6 heteroatoms. The highest BCUT2D eigenvalue weighted by Crippen LogP contribution is 2.31. The van der Waals surface area contributed by atoms with Gasteiger partial charge in [-0.15, -0.1) is 22.7 Å². The Morgan fingerprint density at radius 1 is 1.04 bits per heavy atom. The minimum atomic E-state index is 0.241. The van der Waals surface area contributed by atoms with E-state index in [2.05, 4.69) is 15.3 Å². The second-order valence-electron chi connectivity index (χ2n) is 6.21. The number of aromatic nitrogens is 1. The third-order valence-electron chi connectivity index (χ3n) is 4.76. The quantitative estimate of drug-likeness (QED) is 0.835. The Bertz CT molecular complexity index is 680. The van der Waals surface area contributed by atoms with Crippen molar-refractivity contribution < 1.29 is 4.79 Å². The Labute approximate surface area is 144 Å². The highest BCUT2D eigenvalue weighted by atomic mass is 32.1. The minimum Gasteiger partial charge on any atom is -0.346 e. The average molecular weight is 348 g/mol. The number of aryl methyl sites for hydroxylation is 1. The van der Waals surface area contributed by atoms with E-state index in [-0.39, 0.29) is 5.91 Å². The summed E-state index contributed by atoms with van der Waals surface area (Å²) in [5.41, 5.74) is 2.32. The number of carbonyl (C=O) groups is 1. The lowest BCUT2D eigenvalue weighted by atomic mass is 9.95. The summed E-state index contributed by atoms with van der Waals surface area (Å²) in [6.07, 6.45) is 7.60. The molecule has 4 rings (SSSR count). The third kappa shape index (κ3) is 3.02. The summed E-state index contributed by atoms with van der Waals surface area (Å²) in [4.78, 5) is 23.2. The molecule has 0 bridgehead atoms. The topological polar surface area (TPSA) is 36.4 Å². The van der Waals surface area contributed by atoms with E-state index in [0.29, 0.717) is 0 Å². The molecule has 4 nitrogen and oxygen atoms in total. The molecule has 1 saturated heterocycles. The van der Waals surface area contributed by atoms with Crippen molar-refractivity contribution in [1.29, 1.82) is 0 Å². The molecule has 0 radical (unpaired) electrons. The van der Waals surface area contributed by atoms with Crippen molar-refractivity contribution >= 4 is 33.7 Å². The third-order valence-corrected chi connectivity index (χ3v) is 6.69. The van der Waals surface area contributed by atoms with Gasteiger partial charge in [0.1, 0.15) is 0 Å². The Hall–Kier alpha value is -1.40. The van der Waals surface area contributed by atoms with E-state index in [1.165, 1.54) is 23.3 Å². The molecule has 1 aliphatic carbocycles. The van der Waals surface area contributed by atoms with Crippen LogP contribution < -0.4 is 4.90 Å². The van der Waals surface area contributed by atoms with Crippen molar-refractivity contribution in [3.05, 3.63) is 33.0 Å². The lowest BCUT2D eigenvalue weighted by Crippen LogP contribution is -2.35. The molecule has 1 aliphatic heterocycles. The fourth-order valence-electron chi connectivity index (χ4n) is 3.53. The van der Waals surface area contributed by atoms with Gasteiger partial charge in [0.25, 0.3) is 5.91 Å². The Balaban J connectivity index is 1.48. The van der Waals surface area contributed by atoms with Gasteiger partial charge >= 0.3 is 0 Å². The summed E-state index contributed by atoms with van der Waals surface area (Å²) in [5, 5.41) is 5.19. The fraction of sp³-hybridized carbons (Fsp3) is 0.529. The number of amides is 1. The minimum absolute atomic E-state index is 0.241. The van der Waals surface area contributed by atoms with Crippen LogP contribution >= 0.6 is 22.7 Å². The standard InChI is InChI=1S/C17H21N3OS2/c21-16(14-12-23-15-5-2-1-4-13(14)15)19-7-3-8-20(10-9-19)17-18-6-11-22-17/h6,11-12H,1-5,7-10H2. The molecular formula is C17H21N3OS2. The molecule has 2 aliphatic rings. The molecule has 23 heavy (non-hydrogen) atoms. The molecule has 2 aromatic heterocycles. The molecule has 1 amide bonds. The smallest absolute Gasteiger partial charge is 0.255 e. The van der Waals surface area contributed by atoms with E-state index in [9.17, 15) is 4.79 Å². The second-order valence-corrected chi connectivity index (χ2v) is 8.04. The van der Waals surface area contributed by atoms with E-state index >= 15 is 0 Å². The van der Waals surface area contributed by atoms with Gasteiger partial charge in [0, 0.05) is 48.0 Å². The van der Waals surface area contributed by atoms with E-state index in [4.69, 9.17) is 0 Å². The second kappa shape index (κ2) is 6.61. The van der Waals surface area contributed by atoms with Crippen LogP contribution in [0.15, 0.2) is 17.0 Å². The molecule has 0 unspecified atom stereocenters. The van der Waals surface area contributed by atoms with Crippen molar-refractivity contribution in [2.75, 3.05) is 31.1 Å². The zero-order valence-corrected chi connectivity index (χ0v) is 14.8. The zero-order chi connectivity index (χ0) is 15.6. The summed E-state index contributed by atoms with van der Waals surface area (Å²) in [6.45, 7) is 3.51. The van der Waals surface area contributed by atoms with Gasteiger partial charge in [-0.25, -0.2) is 4.98 Å². The molecule has 2 aromatic rings. The number of fused-ring (bicyclic) bond motifs is 1. The van der Waals surface area contributed by atoms with Gasteiger partial charge in [-0.05, 0) is 37.7 Å². The molecule has 0 atom stereocenters. The summed E-state index contributed by atoms with van der Waals surface area (Å²) in [7, 11) is 0. The Kier molecular flexibility index (Phi) is 4.35. The van der Waals surface area contributed by atoms with Crippen LogP contribution in [0.25, 0.3) is 0 Å². The predicted octanol–water partition coefficient (Wildman–Crippen LogP) is 3.44. The number of thiophene rings is 1. The van der Waals surface area contributed by atoms with Crippen LogP contribution in [0, 0.1) is 0 Å². The Morgan fingerprint density at radius 2 is 1.96 bits per heavy atom. The molecule has 122 valence electrons. The van der Waals surface area contributed by atoms with Gasteiger partial charge in [-0.1, -0.05) is 0 Å². The highest BCUT2D eigenvalue weighted by Gasteiger charge is 2.26. The number of rotatable bonds is 2. The number of thiazole rings is 1. The molecule has 0 aromatic carbocycles. The maximum absolute atomic E-state index is 13.0. The van der Waals surface area contributed by atoms with Gasteiger partial charge in [-0.3, -0.25) is 4.79 Å². The van der Waals surface area contributed by atoms with Crippen LogP contribution in [0.5, 0.6) is 0 Å². The van der Waals surface area contributed by atoms with Gasteiger partial charge in [0.2, 0.25) is 0 Å². The van der Waals surface area contributed by atoms with Crippen LogP contribution in [-0.4, -0.2) is 42.0 Å². The van der Waals surface area contributed by atoms with Crippen molar-refractivity contribution in [2.45, 2.75) is 32.1 Å². The molecule has 0 saturated carbocycles. The fourth-order valence-corrected chi connectivity index (χ4v) is 5.34. The van der Waals surface area contributed by atoms with Crippen LogP contribution in [0.2, 0.25) is 0 Å². The first kappa shape index (κ1) is 15.1.